The van der Waals surface area contributed by atoms with Gasteiger partial charge in [0.1, 0.15) is 5.75 Å². The highest BCUT2D eigenvalue weighted by atomic mass is 16.6. The third-order valence-corrected chi connectivity index (χ3v) is 3.32. The van der Waals surface area contributed by atoms with Gasteiger partial charge in [0, 0.05) is 19.0 Å². The minimum Gasteiger partial charge on any atom is -0.494 e. The van der Waals surface area contributed by atoms with Gasteiger partial charge in [0.05, 0.1) is 25.1 Å². The van der Waals surface area contributed by atoms with E-state index in [0.29, 0.717) is 0 Å². The topological polar surface area (TPSA) is 99.0 Å². The van der Waals surface area contributed by atoms with Crippen LogP contribution in [0, 0.1) is 16.0 Å². The Morgan fingerprint density at radius 2 is 2.14 bits per heavy atom. The van der Waals surface area contributed by atoms with Crippen molar-refractivity contribution in [1.29, 1.82) is 0 Å². The van der Waals surface area contributed by atoms with Gasteiger partial charge in [0.2, 0.25) is 5.91 Å². The van der Waals surface area contributed by atoms with E-state index in [1.54, 1.807) is 0 Å². The highest BCUT2D eigenvalue weighted by Gasteiger charge is 2.39. The molecular weight excluding hydrogens is 280 g/mol. The molecular formula is C13H14N2O6. The Bertz CT molecular complexity index is 600. The maximum atomic E-state index is 12.1. The number of carbonyl (C=O) groups is 2. The first kappa shape index (κ1) is 14.8. The van der Waals surface area contributed by atoms with Gasteiger partial charge in [0.25, 0.3) is 5.69 Å². The molecule has 0 radical (unpaired) electrons. The molecule has 0 N–H and O–H groups in total. The van der Waals surface area contributed by atoms with Crippen LogP contribution in [0.5, 0.6) is 5.75 Å². The smallest absolute Gasteiger partial charge is 0.311 e. The summed E-state index contributed by atoms with van der Waals surface area (Å²) in [6, 6.07) is 4.29. The fourth-order valence-corrected chi connectivity index (χ4v) is 2.34. The summed E-state index contributed by atoms with van der Waals surface area (Å²) in [4.78, 5) is 35.4. The lowest BCUT2D eigenvalue weighted by Gasteiger charge is -2.19. The number of carbonyl (C=O) groups excluding carboxylic acids is 2. The summed E-state index contributed by atoms with van der Waals surface area (Å²) < 4.78 is 9.72. The Labute approximate surface area is 120 Å². The first-order valence-electron chi connectivity index (χ1n) is 6.19. The summed E-state index contributed by atoms with van der Waals surface area (Å²) in [7, 11) is 2.60. The number of anilines is 1. The second kappa shape index (κ2) is 5.78. The number of ether oxygens (including phenoxy) is 2. The number of methoxy groups -OCH3 is 2. The molecule has 1 aromatic rings. The molecule has 112 valence electrons. The van der Waals surface area contributed by atoms with Crippen molar-refractivity contribution in [3.8, 4) is 5.75 Å². The molecule has 0 aromatic heterocycles. The van der Waals surface area contributed by atoms with Gasteiger partial charge in [-0.15, -0.1) is 0 Å². The van der Waals surface area contributed by atoms with E-state index in [4.69, 9.17) is 4.74 Å². The molecule has 1 saturated heterocycles. The van der Waals surface area contributed by atoms with Gasteiger partial charge in [0.15, 0.2) is 5.69 Å². The molecule has 8 heteroatoms. The standard InChI is InChI=1S/C13H14N2O6/c1-20-10-5-3-4-9(15(18)19)12(10)14-7-8(6-11(14)16)13(17)21-2/h3-5,8H,6-7H2,1-2H3. The molecule has 1 unspecified atom stereocenters. The summed E-state index contributed by atoms with van der Waals surface area (Å²) in [6.07, 6.45) is -0.0398. The fourth-order valence-electron chi connectivity index (χ4n) is 2.34. The molecule has 0 spiro atoms. The molecule has 0 bridgehead atoms. The second-order valence-corrected chi connectivity index (χ2v) is 4.51. The largest absolute Gasteiger partial charge is 0.494 e. The van der Waals surface area contributed by atoms with Crippen molar-refractivity contribution in [2.24, 2.45) is 5.92 Å². The Morgan fingerprint density at radius 1 is 1.43 bits per heavy atom. The van der Waals surface area contributed by atoms with Crippen molar-refractivity contribution in [2.75, 3.05) is 25.7 Å². The summed E-state index contributed by atoms with van der Waals surface area (Å²) >= 11 is 0. The number of esters is 1. The molecule has 1 aromatic carbocycles. The molecule has 1 atom stereocenters. The molecule has 8 nitrogen and oxygen atoms in total. The minimum absolute atomic E-state index is 0.0344. The molecule has 1 aliphatic rings. The van der Waals surface area contributed by atoms with Crippen LogP contribution in [0.3, 0.4) is 0 Å². The lowest BCUT2D eigenvalue weighted by molar-refractivity contribution is -0.384. The van der Waals surface area contributed by atoms with Crippen LogP contribution >= 0.6 is 0 Å². The lowest BCUT2D eigenvalue weighted by atomic mass is 10.1. The normalized spacial score (nSPS) is 17.7. The van der Waals surface area contributed by atoms with E-state index in [2.05, 4.69) is 4.74 Å². The number of rotatable bonds is 4. The van der Waals surface area contributed by atoms with Crippen molar-refractivity contribution < 1.29 is 24.0 Å². The third kappa shape index (κ3) is 2.64. The summed E-state index contributed by atoms with van der Waals surface area (Å²) in [6.45, 7) is 0.0344. The summed E-state index contributed by atoms with van der Waals surface area (Å²) in [5.74, 6) is -1.31. The van der Waals surface area contributed by atoms with E-state index in [-0.39, 0.29) is 36.0 Å². The van der Waals surface area contributed by atoms with Crippen LogP contribution in [-0.4, -0.2) is 37.6 Å². The zero-order chi connectivity index (χ0) is 15.6. The van der Waals surface area contributed by atoms with Crippen molar-refractivity contribution >= 4 is 23.3 Å². The Morgan fingerprint density at radius 3 is 2.71 bits per heavy atom. The summed E-state index contributed by atoms with van der Waals surface area (Å²) in [5, 5.41) is 11.1. The number of nitro benzene ring substituents is 1. The summed E-state index contributed by atoms with van der Waals surface area (Å²) in [5.41, 5.74) is -0.172. The molecule has 0 aliphatic carbocycles. The van der Waals surface area contributed by atoms with E-state index < -0.39 is 16.8 Å². The van der Waals surface area contributed by atoms with Crippen LogP contribution in [0.1, 0.15) is 6.42 Å². The number of nitro groups is 1. The number of hydrogen-bond acceptors (Lipinski definition) is 6. The van der Waals surface area contributed by atoms with Crippen LogP contribution in [0.15, 0.2) is 18.2 Å². The maximum absolute atomic E-state index is 12.1. The highest BCUT2D eigenvalue weighted by Crippen LogP contribution is 2.40. The Hall–Kier alpha value is -2.64. The molecule has 1 fully saturated rings. The number of para-hydroxylation sites is 1. The minimum atomic E-state index is -0.632. The van der Waals surface area contributed by atoms with E-state index in [1.165, 1.54) is 37.3 Å². The van der Waals surface area contributed by atoms with Crippen LogP contribution in [0.2, 0.25) is 0 Å². The van der Waals surface area contributed by atoms with Gasteiger partial charge in [-0.1, -0.05) is 6.07 Å². The van der Waals surface area contributed by atoms with Crippen molar-refractivity contribution in [3.05, 3.63) is 28.3 Å². The van der Waals surface area contributed by atoms with Crippen LogP contribution in [0.25, 0.3) is 0 Å². The van der Waals surface area contributed by atoms with Gasteiger partial charge in [-0.2, -0.15) is 0 Å². The van der Waals surface area contributed by atoms with Crippen molar-refractivity contribution in [1.82, 2.24) is 0 Å². The average molecular weight is 294 g/mol. The van der Waals surface area contributed by atoms with E-state index >= 15 is 0 Å². The Balaban J connectivity index is 2.44. The molecule has 0 saturated carbocycles. The Kier molecular flexibility index (Phi) is 4.06. The monoisotopic (exact) mass is 294 g/mol. The predicted molar refractivity (Wildman–Crippen MR) is 72.1 cm³/mol. The number of benzene rings is 1. The molecule has 1 aliphatic heterocycles. The van der Waals surface area contributed by atoms with Gasteiger partial charge in [-0.3, -0.25) is 19.7 Å². The van der Waals surface area contributed by atoms with Gasteiger partial charge in [-0.05, 0) is 6.07 Å². The zero-order valence-corrected chi connectivity index (χ0v) is 11.6. The average Bonchev–Trinajstić information content (AvgIpc) is 2.87. The molecule has 1 heterocycles. The van der Waals surface area contributed by atoms with E-state index in [9.17, 15) is 19.7 Å². The second-order valence-electron chi connectivity index (χ2n) is 4.51. The van der Waals surface area contributed by atoms with Crippen LogP contribution < -0.4 is 9.64 Å². The van der Waals surface area contributed by atoms with Crippen molar-refractivity contribution in [3.63, 3.8) is 0 Å². The number of hydrogen-bond donors (Lipinski definition) is 0. The molecule has 21 heavy (non-hydrogen) atoms. The highest BCUT2D eigenvalue weighted by molar-refractivity contribution is 6.02. The lowest BCUT2D eigenvalue weighted by Crippen LogP contribution is -2.27. The first-order valence-corrected chi connectivity index (χ1v) is 6.19. The van der Waals surface area contributed by atoms with Gasteiger partial charge >= 0.3 is 5.97 Å². The number of nitrogens with zero attached hydrogens (tertiary/aromatic N) is 2. The quantitative estimate of drug-likeness (QED) is 0.469. The van der Waals surface area contributed by atoms with Gasteiger partial charge in [-0.25, -0.2) is 0 Å². The van der Waals surface area contributed by atoms with E-state index in [0.717, 1.165) is 0 Å². The zero-order valence-electron chi connectivity index (χ0n) is 11.6. The first-order chi connectivity index (χ1) is 9.99. The maximum Gasteiger partial charge on any atom is 0.311 e. The van der Waals surface area contributed by atoms with Gasteiger partial charge < -0.3 is 14.4 Å². The van der Waals surface area contributed by atoms with Crippen LogP contribution in [-0.2, 0) is 14.3 Å². The predicted octanol–water partition coefficient (Wildman–Crippen LogP) is 1.13. The van der Waals surface area contributed by atoms with Crippen molar-refractivity contribution in [2.45, 2.75) is 6.42 Å². The molecule has 1 amide bonds. The number of amides is 1. The van der Waals surface area contributed by atoms with E-state index in [1.807, 2.05) is 0 Å². The molecule has 2 rings (SSSR count). The fraction of sp³-hybridized carbons (Fsp3) is 0.385. The van der Waals surface area contributed by atoms with Crippen LogP contribution in [0.4, 0.5) is 11.4 Å². The third-order valence-electron chi connectivity index (χ3n) is 3.32. The SMILES string of the molecule is COC(=O)C1CC(=O)N(c2c(OC)cccc2[N+](=O)[O-])C1.